The highest BCUT2D eigenvalue weighted by Crippen LogP contribution is 2.31. The zero-order valence-electron chi connectivity index (χ0n) is 15.5. The van der Waals surface area contributed by atoms with Gasteiger partial charge in [0, 0.05) is 37.4 Å². The summed E-state index contributed by atoms with van der Waals surface area (Å²) in [7, 11) is 0. The van der Waals surface area contributed by atoms with E-state index in [0.717, 1.165) is 42.7 Å². The average Bonchev–Trinajstić information content (AvgIpc) is 3.09. The Kier molecular flexibility index (Phi) is 6.23. The van der Waals surface area contributed by atoms with Crippen LogP contribution in [0.5, 0.6) is 0 Å². The number of thioether (sulfide) groups is 1. The van der Waals surface area contributed by atoms with E-state index >= 15 is 0 Å². The molecule has 0 unspecified atom stereocenters. The predicted octanol–water partition coefficient (Wildman–Crippen LogP) is 4.65. The number of piperazine rings is 1. The third-order valence-corrected chi connectivity index (χ3v) is 6.13. The summed E-state index contributed by atoms with van der Waals surface area (Å²) in [6.45, 7) is 3.01. The van der Waals surface area contributed by atoms with E-state index in [1.165, 1.54) is 11.8 Å². The van der Waals surface area contributed by atoms with E-state index in [9.17, 15) is 4.79 Å². The van der Waals surface area contributed by atoms with Crippen LogP contribution in [-0.2, 0) is 4.79 Å². The number of aromatic nitrogens is 1. The van der Waals surface area contributed by atoms with Gasteiger partial charge in [-0.2, -0.15) is 4.99 Å². The average molecular weight is 445 g/mol. The van der Waals surface area contributed by atoms with Crippen molar-refractivity contribution in [2.24, 2.45) is 4.99 Å². The summed E-state index contributed by atoms with van der Waals surface area (Å²) in [6, 6.07) is 13.4. The number of aliphatic imine (C=N–C) groups is 1. The minimum atomic E-state index is -0.250. The molecule has 0 aliphatic carbocycles. The van der Waals surface area contributed by atoms with Gasteiger partial charge in [-0.25, -0.2) is 4.98 Å². The fourth-order valence-corrected chi connectivity index (χ4v) is 4.62. The number of anilines is 1. The SMILES string of the molecule is O=C1N=C(N2CCN(c3ncccc3Cl)CC2)S/C1=C/C(Cl)=C/c1ccccc1. The molecule has 2 aliphatic heterocycles. The van der Waals surface area contributed by atoms with Gasteiger partial charge in [0.05, 0.1) is 9.93 Å². The Hall–Kier alpha value is -2.28. The number of hydrogen-bond donors (Lipinski definition) is 0. The van der Waals surface area contributed by atoms with Crippen LogP contribution in [0.3, 0.4) is 0 Å². The molecule has 29 heavy (non-hydrogen) atoms. The van der Waals surface area contributed by atoms with Crippen LogP contribution in [0.2, 0.25) is 5.02 Å². The number of carbonyl (C=O) groups excluding carboxylic acids is 1. The van der Waals surface area contributed by atoms with E-state index in [0.29, 0.717) is 15.0 Å². The first-order valence-electron chi connectivity index (χ1n) is 9.15. The van der Waals surface area contributed by atoms with Crippen LogP contribution >= 0.6 is 35.0 Å². The maximum absolute atomic E-state index is 12.3. The van der Waals surface area contributed by atoms with Gasteiger partial charge in [-0.15, -0.1) is 0 Å². The third-order valence-electron chi connectivity index (χ3n) is 4.57. The maximum atomic E-state index is 12.3. The number of benzene rings is 1. The molecule has 4 rings (SSSR count). The van der Waals surface area contributed by atoms with Crippen molar-refractivity contribution in [1.82, 2.24) is 9.88 Å². The summed E-state index contributed by atoms with van der Waals surface area (Å²) in [5, 5.41) is 1.86. The van der Waals surface area contributed by atoms with Gasteiger partial charge in [0.1, 0.15) is 5.82 Å². The molecule has 0 bridgehead atoms. The van der Waals surface area contributed by atoms with Crippen LogP contribution in [0.1, 0.15) is 5.56 Å². The van der Waals surface area contributed by atoms with E-state index < -0.39 is 0 Å². The van der Waals surface area contributed by atoms with Gasteiger partial charge in [-0.1, -0.05) is 53.5 Å². The molecule has 3 heterocycles. The molecule has 8 heteroatoms. The number of allylic oxidation sites excluding steroid dienone is 2. The fraction of sp³-hybridized carbons (Fsp3) is 0.190. The van der Waals surface area contributed by atoms with Crippen molar-refractivity contribution in [3.05, 3.63) is 75.3 Å². The molecule has 0 spiro atoms. The number of amidine groups is 1. The van der Waals surface area contributed by atoms with Gasteiger partial charge in [-0.05, 0) is 41.6 Å². The summed E-state index contributed by atoms with van der Waals surface area (Å²) < 4.78 is 0. The molecule has 1 saturated heterocycles. The zero-order chi connectivity index (χ0) is 20.2. The van der Waals surface area contributed by atoms with Gasteiger partial charge < -0.3 is 9.80 Å². The normalized spacial score (nSPS) is 19.1. The van der Waals surface area contributed by atoms with Gasteiger partial charge in [0.2, 0.25) is 0 Å². The molecule has 0 N–H and O–H groups in total. The smallest absolute Gasteiger partial charge is 0.286 e. The maximum Gasteiger partial charge on any atom is 0.286 e. The monoisotopic (exact) mass is 444 g/mol. The van der Waals surface area contributed by atoms with Gasteiger partial charge >= 0.3 is 0 Å². The number of hydrogen-bond acceptors (Lipinski definition) is 5. The Balaban J connectivity index is 1.39. The molecule has 2 aromatic rings. The number of carbonyl (C=O) groups is 1. The van der Waals surface area contributed by atoms with E-state index in [4.69, 9.17) is 23.2 Å². The van der Waals surface area contributed by atoms with Crippen LogP contribution in [0.25, 0.3) is 6.08 Å². The van der Waals surface area contributed by atoms with Crippen molar-refractivity contribution in [2.75, 3.05) is 31.1 Å². The molecule has 148 valence electrons. The van der Waals surface area contributed by atoms with Gasteiger partial charge in [0.15, 0.2) is 5.17 Å². The summed E-state index contributed by atoms with van der Waals surface area (Å²) in [4.78, 5) is 25.7. The lowest BCUT2D eigenvalue weighted by atomic mass is 10.2. The quantitative estimate of drug-likeness (QED) is 0.644. The molecule has 0 saturated carbocycles. The minimum Gasteiger partial charge on any atom is -0.352 e. The first kappa shape index (κ1) is 20.0. The number of rotatable bonds is 3. The van der Waals surface area contributed by atoms with Crippen molar-refractivity contribution in [3.8, 4) is 0 Å². The second kappa shape index (κ2) is 9.03. The van der Waals surface area contributed by atoms with Crippen LogP contribution in [0.15, 0.2) is 69.7 Å². The molecule has 0 radical (unpaired) electrons. The Labute approximate surface area is 183 Å². The van der Waals surface area contributed by atoms with Crippen molar-refractivity contribution in [1.29, 1.82) is 0 Å². The molecule has 2 aliphatic rings. The lowest BCUT2D eigenvalue weighted by molar-refractivity contribution is -0.113. The fourth-order valence-electron chi connectivity index (χ4n) is 3.13. The summed E-state index contributed by atoms with van der Waals surface area (Å²) in [6.07, 6.45) is 5.25. The summed E-state index contributed by atoms with van der Waals surface area (Å²) in [5.41, 5.74) is 0.982. The Morgan fingerprint density at radius 3 is 2.48 bits per heavy atom. The van der Waals surface area contributed by atoms with E-state index in [1.54, 1.807) is 12.3 Å². The highest BCUT2D eigenvalue weighted by molar-refractivity contribution is 8.18. The second-order valence-corrected chi connectivity index (χ2v) is 8.39. The number of halogens is 2. The highest BCUT2D eigenvalue weighted by Gasteiger charge is 2.29. The molecular formula is C21H18Cl2N4OS. The second-order valence-electron chi connectivity index (χ2n) is 6.53. The lowest BCUT2D eigenvalue weighted by Gasteiger charge is -2.36. The molecule has 1 aromatic heterocycles. The van der Waals surface area contributed by atoms with Crippen LogP contribution in [0, 0.1) is 0 Å². The lowest BCUT2D eigenvalue weighted by Crippen LogP contribution is -2.48. The minimum absolute atomic E-state index is 0.250. The Morgan fingerprint density at radius 1 is 1.03 bits per heavy atom. The number of nitrogens with zero attached hydrogens (tertiary/aromatic N) is 4. The first-order chi connectivity index (χ1) is 14.1. The van der Waals surface area contributed by atoms with Crippen molar-refractivity contribution < 1.29 is 4.79 Å². The molecule has 5 nitrogen and oxygen atoms in total. The van der Waals surface area contributed by atoms with Crippen molar-refractivity contribution in [2.45, 2.75) is 0 Å². The third kappa shape index (κ3) is 4.83. The van der Waals surface area contributed by atoms with E-state index in [2.05, 4.69) is 19.8 Å². The summed E-state index contributed by atoms with van der Waals surface area (Å²) in [5.74, 6) is 0.545. The Morgan fingerprint density at radius 2 is 1.76 bits per heavy atom. The molecule has 1 amide bonds. The van der Waals surface area contributed by atoms with Gasteiger partial charge in [0.25, 0.3) is 5.91 Å². The predicted molar refractivity (Wildman–Crippen MR) is 121 cm³/mol. The standard InChI is InChI=1S/C21H18Cl2N4OS/c22-16(13-15-5-2-1-3-6-15)14-18-20(28)25-21(29-18)27-11-9-26(10-12-27)19-17(23)7-4-8-24-19/h1-8,13-14H,9-12H2/b16-13-,18-14+. The van der Waals surface area contributed by atoms with Crippen LogP contribution < -0.4 is 4.90 Å². The van der Waals surface area contributed by atoms with Gasteiger partial charge in [-0.3, -0.25) is 4.79 Å². The molecule has 1 aromatic carbocycles. The zero-order valence-corrected chi connectivity index (χ0v) is 17.8. The molecule has 0 atom stereocenters. The van der Waals surface area contributed by atoms with Crippen LogP contribution in [-0.4, -0.2) is 47.1 Å². The molecule has 1 fully saturated rings. The number of amides is 1. The van der Waals surface area contributed by atoms with Crippen molar-refractivity contribution >= 4 is 57.9 Å². The summed E-state index contributed by atoms with van der Waals surface area (Å²) >= 11 is 13.9. The van der Waals surface area contributed by atoms with Crippen molar-refractivity contribution in [3.63, 3.8) is 0 Å². The van der Waals surface area contributed by atoms with Crippen LogP contribution in [0.4, 0.5) is 5.82 Å². The first-order valence-corrected chi connectivity index (χ1v) is 10.7. The topological polar surface area (TPSA) is 48.8 Å². The van der Waals surface area contributed by atoms with E-state index in [-0.39, 0.29) is 5.91 Å². The van der Waals surface area contributed by atoms with E-state index in [1.807, 2.05) is 48.5 Å². The largest absolute Gasteiger partial charge is 0.352 e. The molecular weight excluding hydrogens is 427 g/mol. The Bertz CT molecular complexity index is 999. The highest BCUT2D eigenvalue weighted by atomic mass is 35.5. The number of pyridine rings is 1.